The van der Waals surface area contributed by atoms with Crippen molar-refractivity contribution in [1.82, 2.24) is 9.78 Å². The van der Waals surface area contributed by atoms with Crippen molar-refractivity contribution in [2.45, 2.75) is 11.1 Å². The smallest absolute Gasteiger partial charge is 0.287 e. The van der Waals surface area contributed by atoms with Crippen LogP contribution in [-0.2, 0) is 13.2 Å². The molecule has 0 saturated carbocycles. The fourth-order valence-electron chi connectivity index (χ4n) is 1.76. The first-order valence-corrected chi connectivity index (χ1v) is 7.98. The Kier molecular flexibility index (Phi) is 5.01. The second-order valence-electron chi connectivity index (χ2n) is 4.20. The fourth-order valence-corrected chi connectivity index (χ4v) is 3.15. The van der Waals surface area contributed by atoms with Crippen LogP contribution in [0.1, 0.15) is 5.69 Å². The molecule has 0 aliphatic carbocycles. The lowest BCUT2D eigenvalue weighted by atomic mass is 10.1. The zero-order chi connectivity index (χ0) is 16.7. The van der Waals surface area contributed by atoms with Gasteiger partial charge in [0.15, 0.2) is 0 Å². The zero-order valence-corrected chi connectivity index (χ0v) is 13.8. The number of hydrogen-bond acceptors (Lipinski definition) is 3. The summed E-state index contributed by atoms with van der Waals surface area (Å²) in [6, 6.07) is 3.22. The summed E-state index contributed by atoms with van der Waals surface area (Å²) in [6.45, 7) is 0. The van der Waals surface area contributed by atoms with E-state index >= 15 is 0 Å². The highest BCUT2D eigenvalue weighted by Crippen LogP contribution is 2.37. The highest BCUT2D eigenvalue weighted by molar-refractivity contribution is 8.21. The van der Waals surface area contributed by atoms with E-state index in [9.17, 15) is 18.0 Å². The van der Waals surface area contributed by atoms with Crippen molar-refractivity contribution in [2.24, 2.45) is 7.05 Å². The predicted molar refractivity (Wildman–Crippen MR) is 81.6 cm³/mol. The third-order valence-electron chi connectivity index (χ3n) is 2.75. The van der Waals surface area contributed by atoms with Crippen LogP contribution in [0, 0.1) is 0 Å². The number of aromatic nitrogens is 2. The van der Waals surface area contributed by atoms with Crippen LogP contribution in [0.3, 0.4) is 0 Å². The van der Waals surface area contributed by atoms with Crippen LogP contribution in [0.5, 0.6) is 0 Å². The molecule has 0 amide bonds. The number of alkyl halides is 3. The van der Waals surface area contributed by atoms with Crippen molar-refractivity contribution in [3.05, 3.63) is 44.2 Å². The second-order valence-corrected chi connectivity index (χ2v) is 6.07. The number of hydrogen-bond donors (Lipinski definition) is 0. The molecule has 0 aliphatic heterocycles. The monoisotopic (exact) mass is 388 g/mol. The van der Waals surface area contributed by atoms with Crippen molar-refractivity contribution in [1.29, 1.82) is 0 Å². The first kappa shape index (κ1) is 17.5. The summed E-state index contributed by atoms with van der Waals surface area (Å²) in [4.78, 5) is 12.4. The van der Waals surface area contributed by atoms with Gasteiger partial charge in [-0.3, -0.25) is 9.48 Å². The summed E-state index contributed by atoms with van der Waals surface area (Å²) < 4.78 is 38.8. The number of benzene rings is 1. The summed E-state index contributed by atoms with van der Waals surface area (Å²) in [5.41, 5.74) is -2.12. The minimum Gasteiger partial charge on any atom is -0.287 e. The SMILES string of the molecule is Cn1nc(-c2cc(SCl)c(Cl)cc2Cl)c(=O)cc1C(F)(F)F. The van der Waals surface area contributed by atoms with Crippen molar-refractivity contribution in [2.75, 3.05) is 0 Å². The van der Waals surface area contributed by atoms with E-state index in [0.29, 0.717) is 15.6 Å². The Morgan fingerprint density at radius 3 is 2.36 bits per heavy atom. The average molecular weight is 390 g/mol. The number of halogens is 6. The molecule has 0 spiro atoms. The Bertz CT molecular complexity index is 792. The van der Waals surface area contributed by atoms with E-state index < -0.39 is 17.3 Å². The molecule has 0 aliphatic rings. The van der Waals surface area contributed by atoms with Crippen LogP contribution in [0.2, 0.25) is 10.0 Å². The first-order chi connectivity index (χ1) is 10.1. The van der Waals surface area contributed by atoms with Gasteiger partial charge in [0.1, 0.15) is 11.4 Å². The summed E-state index contributed by atoms with van der Waals surface area (Å²) >= 11 is 11.9. The van der Waals surface area contributed by atoms with Crippen molar-refractivity contribution < 1.29 is 13.2 Å². The highest BCUT2D eigenvalue weighted by Gasteiger charge is 2.34. The fraction of sp³-hybridized carbons (Fsp3) is 0.167. The minimum absolute atomic E-state index is 0.0869. The zero-order valence-electron chi connectivity index (χ0n) is 10.7. The van der Waals surface area contributed by atoms with Crippen molar-refractivity contribution >= 4 is 44.9 Å². The van der Waals surface area contributed by atoms with E-state index in [2.05, 4.69) is 5.10 Å². The molecule has 1 aromatic heterocycles. The van der Waals surface area contributed by atoms with Gasteiger partial charge < -0.3 is 0 Å². The van der Waals surface area contributed by atoms with Gasteiger partial charge in [0, 0.05) is 23.6 Å². The molecule has 2 aromatic rings. The van der Waals surface area contributed by atoms with Gasteiger partial charge in [-0.15, -0.1) is 0 Å². The van der Waals surface area contributed by atoms with Crippen LogP contribution in [0.15, 0.2) is 27.9 Å². The van der Waals surface area contributed by atoms with Crippen LogP contribution < -0.4 is 5.43 Å². The molecule has 118 valence electrons. The van der Waals surface area contributed by atoms with Crippen molar-refractivity contribution in [3.63, 3.8) is 0 Å². The molecular formula is C12H6Cl3F3N2OS. The number of rotatable bonds is 2. The normalized spacial score (nSPS) is 11.8. The molecule has 0 N–H and O–H groups in total. The third kappa shape index (κ3) is 3.37. The molecule has 0 atom stereocenters. The van der Waals surface area contributed by atoms with Crippen LogP contribution in [0.4, 0.5) is 13.2 Å². The van der Waals surface area contributed by atoms with Crippen molar-refractivity contribution in [3.8, 4) is 11.3 Å². The third-order valence-corrected chi connectivity index (χ3v) is 4.49. The lowest BCUT2D eigenvalue weighted by Gasteiger charge is -2.13. The number of nitrogens with zero attached hydrogens (tertiary/aromatic N) is 2. The molecule has 0 radical (unpaired) electrons. The largest absolute Gasteiger partial charge is 0.433 e. The summed E-state index contributed by atoms with van der Waals surface area (Å²) in [5, 5.41) is 4.03. The van der Waals surface area contributed by atoms with Gasteiger partial charge in [0.25, 0.3) is 0 Å². The quantitative estimate of drug-likeness (QED) is 0.723. The Hall–Kier alpha value is -0.890. The van der Waals surface area contributed by atoms with Gasteiger partial charge in [-0.2, -0.15) is 18.3 Å². The molecule has 22 heavy (non-hydrogen) atoms. The van der Waals surface area contributed by atoms with Gasteiger partial charge >= 0.3 is 6.18 Å². The van der Waals surface area contributed by atoms with E-state index in [-0.39, 0.29) is 21.3 Å². The van der Waals surface area contributed by atoms with E-state index in [1.165, 1.54) is 12.1 Å². The Labute approximate surface area is 141 Å². The molecule has 0 fully saturated rings. The maximum atomic E-state index is 12.7. The lowest BCUT2D eigenvalue weighted by Crippen LogP contribution is -2.22. The van der Waals surface area contributed by atoms with Gasteiger partial charge in [-0.05, 0) is 33.8 Å². The van der Waals surface area contributed by atoms with E-state index in [1.54, 1.807) is 0 Å². The minimum atomic E-state index is -4.68. The van der Waals surface area contributed by atoms with E-state index in [1.807, 2.05) is 0 Å². The standard InChI is InChI=1S/C12H6Cl3F3N2OS/c1-20-10(12(16,17)18)4-8(21)11(19-20)5-2-9(22-15)7(14)3-6(5)13/h2-4H,1H3. The summed E-state index contributed by atoms with van der Waals surface area (Å²) in [6.07, 6.45) is -4.68. The molecule has 3 nitrogen and oxygen atoms in total. The summed E-state index contributed by atoms with van der Waals surface area (Å²) in [5.74, 6) is 0. The summed E-state index contributed by atoms with van der Waals surface area (Å²) in [7, 11) is 7.52. The maximum Gasteiger partial charge on any atom is 0.433 e. The molecule has 10 heteroatoms. The molecule has 1 aromatic carbocycles. The topological polar surface area (TPSA) is 34.9 Å². The lowest BCUT2D eigenvalue weighted by molar-refractivity contribution is -0.144. The molecular weight excluding hydrogens is 384 g/mol. The van der Waals surface area contributed by atoms with Crippen LogP contribution >= 0.6 is 44.9 Å². The second kappa shape index (κ2) is 6.31. The van der Waals surface area contributed by atoms with Gasteiger partial charge in [0.05, 0.1) is 10.0 Å². The van der Waals surface area contributed by atoms with Gasteiger partial charge in [-0.25, -0.2) is 0 Å². The molecule has 0 unspecified atom stereocenters. The first-order valence-electron chi connectivity index (χ1n) is 5.58. The Balaban J connectivity index is 2.70. The molecule has 0 bridgehead atoms. The molecule has 1 heterocycles. The Morgan fingerprint density at radius 1 is 1.18 bits per heavy atom. The molecule has 0 saturated heterocycles. The number of aryl methyl sites for hydroxylation is 1. The van der Waals surface area contributed by atoms with E-state index in [0.717, 1.165) is 18.0 Å². The van der Waals surface area contributed by atoms with E-state index in [4.69, 9.17) is 33.9 Å². The maximum absolute atomic E-state index is 12.7. The van der Waals surface area contributed by atoms with Crippen LogP contribution in [0.25, 0.3) is 11.3 Å². The van der Waals surface area contributed by atoms with Gasteiger partial charge in [-0.1, -0.05) is 23.2 Å². The van der Waals surface area contributed by atoms with Crippen LogP contribution in [-0.4, -0.2) is 9.78 Å². The highest BCUT2D eigenvalue weighted by atomic mass is 35.7. The average Bonchev–Trinajstić information content (AvgIpc) is 2.40. The predicted octanol–water partition coefficient (Wildman–Crippen LogP) is 5.02. The van der Waals surface area contributed by atoms with Gasteiger partial charge in [0.2, 0.25) is 5.43 Å². The molecule has 2 rings (SSSR count). The Morgan fingerprint density at radius 2 is 1.82 bits per heavy atom.